The van der Waals surface area contributed by atoms with Crippen molar-refractivity contribution in [2.24, 2.45) is 23.5 Å². The summed E-state index contributed by atoms with van der Waals surface area (Å²) in [6.07, 6.45) is 5.62. The fourth-order valence-electron chi connectivity index (χ4n) is 3.52. The van der Waals surface area contributed by atoms with E-state index in [0.717, 1.165) is 45.4 Å². The molecule has 0 aromatic heterocycles. The smallest absolute Gasteiger partial charge is 0.226 e. The molecule has 1 aliphatic heterocycles. The van der Waals surface area contributed by atoms with Crippen LogP contribution in [0.5, 0.6) is 0 Å². The molecule has 1 heterocycles. The third kappa shape index (κ3) is 3.04. The van der Waals surface area contributed by atoms with E-state index in [-0.39, 0.29) is 5.92 Å². The number of piperidine rings is 1. The maximum absolute atomic E-state index is 12.5. The molecule has 1 aliphatic carbocycles. The van der Waals surface area contributed by atoms with Gasteiger partial charge >= 0.3 is 0 Å². The van der Waals surface area contributed by atoms with E-state index in [1.165, 1.54) is 6.42 Å². The summed E-state index contributed by atoms with van der Waals surface area (Å²) in [5, 5.41) is 0. The Bertz CT molecular complexity index is 281. The first-order valence-corrected chi connectivity index (χ1v) is 7.24. The Morgan fingerprint density at radius 2 is 2.17 bits per heavy atom. The van der Waals surface area contributed by atoms with Crippen molar-refractivity contribution < 1.29 is 9.53 Å². The Hall–Kier alpha value is -0.610. The molecule has 1 saturated heterocycles. The normalized spacial score (nSPS) is 32.8. The highest BCUT2D eigenvalue weighted by molar-refractivity contribution is 5.79. The molecule has 104 valence electrons. The molecule has 2 aliphatic rings. The monoisotopic (exact) mass is 254 g/mol. The maximum atomic E-state index is 12.5. The topological polar surface area (TPSA) is 55.6 Å². The van der Waals surface area contributed by atoms with Crippen molar-refractivity contribution in [1.82, 2.24) is 4.90 Å². The molecule has 1 saturated carbocycles. The summed E-state index contributed by atoms with van der Waals surface area (Å²) in [6.45, 7) is 3.23. The average Bonchev–Trinajstić information content (AvgIpc) is 2.87. The Labute approximate surface area is 110 Å². The molecule has 0 spiro atoms. The number of nitrogens with two attached hydrogens (primary N) is 1. The van der Waals surface area contributed by atoms with Gasteiger partial charge in [0.1, 0.15) is 0 Å². The first-order chi connectivity index (χ1) is 8.76. The highest BCUT2D eigenvalue weighted by Gasteiger charge is 2.36. The van der Waals surface area contributed by atoms with Crippen LogP contribution in [0, 0.1) is 17.8 Å². The lowest BCUT2D eigenvalue weighted by atomic mass is 9.92. The second kappa shape index (κ2) is 6.53. The summed E-state index contributed by atoms with van der Waals surface area (Å²) >= 11 is 0. The van der Waals surface area contributed by atoms with Crippen LogP contribution in [0.15, 0.2) is 0 Å². The van der Waals surface area contributed by atoms with E-state index in [1.54, 1.807) is 7.11 Å². The van der Waals surface area contributed by atoms with Gasteiger partial charge in [0.05, 0.1) is 6.61 Å². The minimum atomic E-state index is 0.191. The highest BCUT2D eigenvalue weighted by atomic mass is 16.5. The zero-order valence-corrected chi connectivity index (χ0v) is 11.4. The number of rotatable bonds is 4. The number of amides is 1. The van der Waals surface area contributed by atoms with Gasteiger partial charge in [-0.15, -0.1) is 0 Å². The summed E-state index contributed by atoms with van der Waals surface area (Å²) in [4.78, 5) is 14.6. The van der Waals surface area contributed by atoms with E-state index >= 15 is 0 Å². The van der Waals surface area contributed by atoms with Crippen LogP contribution in [0.2, 0.25) is 0 Å². The van der Waals surface area contributed by atoms with Gasteiger partial charge in [-0.2, -0.15) is 0 Å². The van der Waals surface area contributed by atoms with Crippen molar-refractivity contribution in [1.29, 1.82) is 0 Å². The lowest BCUT2D eigenvalue weighted by Crippen LogP contribution is -2.45. The van der Waals surface area contributed by atoms with E-state index in [0.29, 0.717) is 24.3 Å². The van der Waals surface area contributed by atoms with Gasteiger partial charge in [0.25, 0.3) is 0 Å². The van der Waals surface area contributed by atoms with Gasteiger partial charge in [-0.05, 0) is 44.1 Å². The molecule has 3 unspecified atom stereocenters. The second-order valence-corrected chi connectivity index (χ2v) is 5.78. The number of likely N-dealkylation sites (tertiary alicyclic amines) is 1. The van der Waals surface area contributed by atoms with Gasteiger partial charge in [-0.1, -0.05) is 6.42 Å². The van der Waals surface area contributed by atoms with E-state index in [1.807, 2.05) is 0 Å². The van der Waals surface area contributed by atoms with Crippen LogP contribution in [0.4, 0.5) is 0 Å². The number of ether oxygens (including phenoxy) is 1. The van der Waals surface area contributed by atoms with Crippen molar-refractivity contribution in [3.05, 3.63) is 0 Å². The molecule has 0 radical (unpaired) electrons. The third-order valence-electron chi connectivity index (χ3n) is 4.51. The van der Waals surface area contributed by atoms with Crippen LogP contribution in [-0.4, -0.2) is 44.2 Å². The standard InChI is InChI=1S/C14H26N2O2/c1-18-10-11-4-3-7-16(9-11)14(17)13-6-2-5-12(13)8-15/h11-13H,2-10,15H2,1H3. The fourth-order valence-corrected chi connectivity index (χ4v) is 3.52. The Morgan fingerprint density at radius 3 is 2.89 bits per heavy atom. The van der Waals surface area contributed by atoms with Crippen LogP contribution >= 0.6 is 0 Å². The molecule has 4 heteroatoms. The molecular formula is C14H26N2O2. The molecule has 2 fully saturated rings. The molecule has 18 heavy (non-hydrogen) atoms. The molecule has 4 nitrogen and oxygen atoms in total. The van der Waals surface area contributed by atoms with E-state index in [4.69, 9.17) is 10.5 Å². The highest BCUT2D eigenvalue weighted by Crippen LogP contribution is 2.33. The quantitative estimate of drug-likeness (QED) is 0.821. The fraction of sp³-hybridized carbons (Fsp3) is 0.929. The minimum Gasteiger partial charge on any atom is -0.384 e. The van der Waals surface area contributed by atoms with Gasteiger partial charge < -0.3 is 15.4 Å². The molecule has 2 N–H and O–H groups in total. The number of hydrogen-bond donors (Lipinski definition) is 1. The molecule has 1 amide bonds. The summed E-state index contributed by atoms with van der Waals surface area (Å²) in [5.74, 6) is 1.48. The summed E-state index contributed by atoms with van der Waals surface area (Å²) < 4.78 is 5.22. The molecule has 0 aromatic carbocycles. The third-order valence-corrected chi connectivity index (χ3v) is 4.51. The molecular weight excluding hydrogens is 228 g/mol. The van der Waals surface area contributed by atoms with Gasteiger partial charge in [0.2, 0.25) is 5.91 Å². The van der Waals surface area contributed by atoms with Gasteiger partial charge in [0, 0.05) is 26.1 Å². The van der Waals surface area contributed by atoms with Crippen LogP contribution in [-0.2, 0) is 9.53 Å². The van der Waals surface area contributed by atoms with Crippen molar-refractivity contribution >= 4 is 5.91 Å². The minimum absolute atomic E-state index is 0.191. The van der Waals surface area contributed by atoms with Crippen LogP contribution in [0.1, 0.15) is 32.1 Å². The van der Waals surface area contributed by atoms with Crippen molar-refractivity contribution in [2.75, 3.05) is 33.4 Å². The van der Waals surface area contributed by atoms with E-state index in [2.05, 4.69) is 4.90 Å². The SMILES string of the molecule is COCC1CCCN(C(=O)C2CCCC2CN)C1. The zero-order valence-electron chi connectivity index (χ0n) is 11.4. The van der Waals surface area contributed by atoms with E-state index < -0.39 is 0 Å². The first kappa shape index (κ1) is 13.8. The van der Waals surface area contributed by atoms with Gasteiger partial charge in [0.15, 0.2) is 0 Å². The zero-order chi connectivity index (χ0) is 13.0. The van der Waals surface area contributed by atoms with Crippen LogP contribution in [0.3, 0.4) is 0 Å². The number of carbonyl (C=O) groups excluding carboxylic acids is 1. The van der Waals surface area contributed by atoms with Crippen molar-refractivity contribution in [3.63, 3.8) is 0 Å². The summed E-state index contributed by atoms with van der Waals surface area (Å²) in [6, 6.07) is 0. The lowest BCUT2D eigenvalue weighted by molar-refractivity contribution is -0.138. The first-order valence-electron chi connectivity index (χ1n) is 7.24. The Morgan fingerprint density at radius 1 is 1.33 bits per heavy atom. The lowest BCUT2D eigenvalue weighted by Gasteiger charge is -2.35. The maximum Gasteiger partial charge on any atom is 0.226 e. The largest absolute Gasteiger partial charge is 0.384 e. The predicted molar refractivity (Wildman–Crippen MR) is 71.1 cm³/mol. The number of carbonyl (C=O) groups is 1. The van der Waals surface area contributed by atoms with Crippen molar-refractivity contribution in [3.8, 4) is 0 Å². The molecule has 2 rings (SSSR count). The van der Waals surface area contributed by atoms with Gasteiger partial charge in [-0.3, -0.25) is 4.79 Å². The second-order valence-electron chi connectivity index (χ2n) is 5.78. The Balaban J connectivity index is 1.91. The predicted octanol–water partition coefficient (Wildman–Crippen LogP) is 1.25. The van der Waals surface area contributed by atoms with E-state index in [9.17, 15) is 4.79 Å². The Kier molecular flexibility index (Phi) is 5.01. The summed E-state index contributed by atoms with van der Waals surface area (Å²) in [7, 11) is 1.74. The van der Waals surface area contributed by atoms with Crippen molar-refractivity contribution in [2.45, 2.75) is 32.1 Å². The average molecular weight is 254 g/mol. The molecule has 0 bridgehead atoms. The summed E-state index contributed by atoms with van der Waals surface area (Å²) in [5.41, 5.74) is 5.78. The number of methoxy groups -OCH3 is 1. The van der Waals surface area contributed by atoms with Gasteiger partial charge in [-0.25, -0.2) is 0 Å². The van der Waals surface area contributed by atoms with Crippen LogP contribution in [0.25, 0.3) is 0 Å². The van der Waals surface area contributed by atoms with Crippen LogP contribution < -0.4 is 5.73 Å². The number of hydrogen-bond acceptors (Lipinski definition) is 3. The number of nitrogens with zero attached hydrogens (tertiary/aromatic N) is 1. The molecule has 3 atom stereocenters. The molecule has 0 aromatic rings.